The minimum absolute atomic E-state index is 0.0174. The summed E-state index contributed by atoms with van der Waals surface area (Å²) in [6, 6.07) is 4.31. The molecule has 1 aromatic heterocycles. The van der Waals surface area contributed by atoms with Gasteiger partial charge in [-0.3, -0.25) is 0 Å². The third kappa shape index (κ3) is 2.68. The maximum Gasteiger partial charge on any atom is 0.356 e. The Morgan fingerprint density at radius 2 is 2.21 bits per heavy atom. The summed E-state index contributed by atoms with van der Waals surface area (Å²) >= 11 is 0. The summed E-state index contributed by atoms with van der Waals surface area (Å²) in [5, 5.41) is 19.7. The molecule has 3 rings (SSSR count). The molecule has 0 aromatic carbocycles. The van der Waals surface area contributed by atoms with Gasteiger partial charge in [-0.2, -0.15) is 0 Å². The third-order valence-electron chi connectivity index (χ3n) is 4.06. The first-order chi connectivity index (χ1) is 9.22. The van der Waals surface area contributed by atoms with Crippen LogP contribution in [0.3, 0.4) is 0 Å². The minimum Gasteiger partial charge on any atom is -0.476 e. The molecule has 2 N–H and O–H groups in total. The van der Waals surface area contributed by atoms with E-state index in [1.807, 2.05) is 0 Å². The van der Waals surface area contributed by atoms with E-state index < -0.39 is 5.97 Å². The summed E-state index contributed by atoms with van der Waals surface area (Å²) in [4.78, 5) is 13.3. The summed E-state index contributed by atoms with van der Waals surface area (Å²) in [7, 11) is 0. The largest absolute Gasteiger partial charge is 0.476 e. The van der Waals surface area contributed by atoms with Gasteiger partial charge in [-0.05, 0) is 44.4 Å². The van der Waals surface area contributed by atoms with E-state index in [-0.39, 0.29) is 5.69 Å². The number of rotatable bonds is 3. The van der Waals surface area contributed by atoms with Gasteiger partial charge >= 0.3 is 5.97 Å². The monoisotopic (exact) mass is 262 g/mol. The highest BCUT2D eigenvalue weighted by Crippen LogP contribution is 2.28. The van der Waals surface area contributed by atoms with Gasteiger partial charge in [-0.15, -0.1) is 10.2 Å². The van der Waals surface area contributed by atoms with Crippen molar-refractivity contribution >= 4 is 11.8 Å². The molecule has 102 valence electrons. The third-order valence-corrected chi connectivity index (χ3v) is 4.06. The normalized spacial score (nSPS) is 26.9. The molecule has 2 aliphatic rings. The first-order valence-corrected chi connectivity index (χ1v) is 6.80. The van der Waals surface area contributed by atoms with Gasteiger partial charge in [0.15, 0.2) is 5.69 Å². The number of carbonyl (C=O) groups is 1. The van der Waals surface area contributed by atoms with Crippen LogP contribution in [0, 0.1) is 0 Å². The Bertz CT molecular complexity index is 462. The van der Waals surface area contributed by atoms with Crippen molar-refractivity contribution in [3.8, 4) is 0 Å². The molecule has 0 saturated carbocycles. The van der Waals surface area contributed by atoms with Crippen molar-refractivity contribution in [3.63, 3.8) is 0 Å². The zero-order valence-electron chi connectivity index (χ0n) is 10.7. The molecular weight excluding hydrogens is 244 g/mol. The Labute approximate surface area is 111 Å². The van der Waals surface area contributed by atoms with E-state index >= 15 is 0 Å². The summed E-state index contributed by atoms with van der Waals surface area (Å²) in [5.74, 6) is -0.375. The Hall–Kier alpha value is -1.69. The molecule has 6 heteroatoms. The number of nitrogens with zero attached hydrogens (tertiary/aromatic N) is 3. The lowest BCUT2D eigenvalue weighted by Gasteiger charge is -2.35. The summed E-state index contributed by atoms with van der Waals surface area (Å²) in [5.41, 5.74) is -0.0174. The van der Waals surface area contributed by atoms with Crippen molar-refractivity contribution in [1.29, 1.82) is 0 Å². The van der Waals surface area contributed by atoms with Crippen LogP contribution >= 0.6 is 0 Å². The number of piperidine rings is 1. The highest BCUT2D eigenvalue weighted by molar-refractivity contribution is 5.85. The van der Waals surface area contributed by atoms with Crippen LogP contribution < -0.4 is 5.32 Å². The van der Waals surface area contributed by atoms with E-state index in [1.54, 1.807) is 6.07 Å². The quantitative estimate of drug-likeness (QED) is 0.852. The number of carboxylic acids is 1. The molecule has 6 nitrogen and oxygen atoms in total. The highest BCUT2D eigenvalue weighted by Gasteiger charge is 2.31. The topological polar surface area (TPSA) is 78.4 Å². The lowest BCUT2D eigenvalue weighted by Crippen LogP contribution is -2.42. The first-order valence-electron chi connectivity index (χ1n) is 6.80. The molecule has 0 aliphatic carbocycles. The van der Waals surface area contributed by atoms with Crippen LogP contribution in [0.4, 0.5) is 5.82 Å². The van der Waals surface area contributed by atoms with Crippen molar-refractivity contribution in [2.75, 3.05) is 18.4 Å². The molecule has 1 aromatic rings. The van der Waals surface area contributed by atoms with Crippen LogP contribution in [0.2, 0.25) is 0 Å². The zero-order valence-corrected chi connectivity index (χ0v) is 10.7. The lowest BCUT2D eigenvalue weighted by atomic mass is 9.97. The molecule has 2 fully saturated rings. The molecule has 0 radical (unpaired) electrons. The average Bonchev–Trinajstić information content (AvgIpc) is 2.87. The second-order valence-corrected chi connectivity index (χ2v) is 5.31. The molecular formula is C13H18N4O2. The SMILES string of the molecule is O=C(O)c1ccc(NC2CCN3CCCC3C2)nn1. The van der Waals surface area contributed by atoms with Gasteiger partial charge in [0.2, 0.25) is 0 Å². The average molecular weight is 262 g/mol. The molecule has 19 heavy (non-hydrogen) atoms. The lowest BCUT2D eigenvalue weighted by molar-refractivity contribution is 0.0689. The van der Waals surface area contributed by atoms with Gasteiger partial charge in [0.1, 0.15) is 5.82 Å². The fraction of sp³-hybridized carbons (Fsp3) is 0.615. The standard InChI is InChI=1S/C13H18N4O2/c18-13(19)11-3-4-12(16-15-11)14-9-5-7-17-6-1-2-10(17)8-9/h3-4,9-10H,1-2,5-8H2,(H,14,16)(H,18,19). The number of aromatic nitrogens is 2. The second kappa shape index (κ2) is 5.13. The van der Waals surface area contributed by atoms with Crippen molar-refractivity contribution < 1.29 is 9.90 Å². The molecule has 2 unspecified atom stereocenters. The van der Waals surface area contributed by atoms with Gasteiger partial charge in [0.05, 0.1) is 0 Å². The molecule has 0 spiro atoms. The minimum atomic E-state index is -1.04. The molecule has 2 saturated heterocycles. The fourth-order valence-corrected chi connectivity index (χ4v) is 3.09. The molecule has 3 heterocycles. The van der Waals surface area contributed by atoms with Gasteiger partial charge in [0, 0.05) is 18.6 Å². The molecule has 2 aliphatic heterocycles. The number of hydrogen-bond donors (Lipinski definition) is 2. The molecule has 0 amide bonds. The van der Waals surface area contributed by atoms with Gasteiger partial charge < -0.3 is 15.3 Å². The van der Waals surface area contributed by atoms with Crippen LogP contribution in [-0.2, 0) is 0 Å². The van der Waals surface area contributed by atoms with Crippen LogP contribution in [0.1, 0.15) is 36.2 Å². The number of hydrogen-bond acceptors (Lipinski definition) is 5. The Kier molecular flexibility index (Phi) is 3.33. The maximum atomic E-state index is 10.7. The fourth-order valence-electron chi connectivity index (χ4n) is 3.09. The van der Waals surface area contributed by atoms with Crippen molar-refractivity contribution in [3.05, 3.63) is 17.8 Å². The predicted molar refractivity (Wildman–Crippen MR) is 70.2 cm³/mol. The number of carboxylic acid groups (broad SMARTS) is 1. The van der Waals surface area contributed by atoms with E-state index in [9.17, 15) is 4.79 Å². The second-order valence-electron chi connectivity index (χ2n) is 5.31. The smallest absolute Gasteiger partial charge is 0.356 e. The van der Waals surface area contributed by atoms with E-state index in [2.05, 4.69) is 20.4 Å². The Balaban J connectivity index is 1.60. The van der Waals surface area contributed by atoms with E-state index in [4.69, 9.17) is 5.11 Å². The van der Waals surface area contributed by atoms with E-state index in [1.165, 1.54) is 25.5 Å². The number of fused-ring (bicyclic) bond motifs is 1. The van der Waals surface area contributed by atoms with Crippen molar-refractivity contribution in [1.82, 2.24) is 15.1 Å². The Morgan fingerprint density at radius 1 is 1.32 bits per heavy atom. The number of anilines is 1. The Morgan fingerprint density at radius 3 is 2.95 bits per heavy atom. The molecule has 0 bridgehead atoms. The van der Waals surface area contributed by atoms with E-state index in [0.29, 0.717) is 17.9 Å². The van der Waals surface area contributed by atoms with Crippen molar-refractivity contribution in [2.45, 2.75) is 37.8 Å². The maximum absolute atomic E-state index is 10.7. The van der Waals surface area contributed by atoms with Crippen LogP contribution in [-0.4, -0.2) is 51.3 Å². The van der Waals surface area contributed by atoms with E-state index in [0.717, 1.165) is 19.4 Å². The number of nitrogens with one attached hydrogen (secondary N) is 1. The van der Waals surface area contributed by atoms with Gasteiger partial charge in [0.25, 0.3) is 0 Å². The van der Waals surface area contributed by atoms with Crippen LogP contribution in [0.25, 0.3) is 0 Å². The van der Waals surface area contributed by atoms with Crippen molar-refractivity contribution in [2.24, 2.45) is 0 Å². The summed E-state index contributed by atoms with van der Waals surface area (Å²) < 4.78 is 0. The molecule has 2 atom stereocenters. The zero-order chi connectivity index (χ0) is 13.2. The predicted octanol–water partition coefficient (Wildman–Crippen LogP) is 1.21. The van der Waals surface area contributed by atoms with Gasteiger partial charge in [-0.25, -0.2) is 4.79 Å². The summed E-state index contributed by atoms with van der Waals surface area (Å²) in [6.07, 6.45) is 4.85. The number of aromatic carboxylic acids is 1. The van der Waals surface area contributed by atoms with Crippen LogP contribution in [0.5, 0.6) is 0 Å². The highest BCUT2D eigenvalue weighted by atomic mass is 16.4. The van der Waals surface area contributed by atoms with Crippen LogP contribution in [0.15, 0.2) is 12.1 Å². The van der Waals surface area contributed by atoms with Gasteiger partial charge in [-0.1, -0.05) is 0 Å². The first kappa shape index (κ1) is 12.3. The summed E-state index contributed by atoms with van der Waals surface area (Å²) in [6.45, 7) is 2.38.